The fourth-order valence-electron chi connectivity index (χ4n) is 3.73. The molecule has 0 spiro atoms. The molecule has 0 N–H and O–H groups in total. The van der Waals surface area contributed by atoms with Crippen LogP contribution in [0.2, 0.25) is 0 Å². The first-order valence-corrected chi connectivity index (χ1v) is 10.2. The summed E-state index contributed by atoms with van der Waals surface area (Å²) in [7, 11) is 0. The molecule has 0 atom stereocenters. The number of hydrogen-bond donors (Lipinski definition) is 0. The molecule has 0 amide bonds. The quantitative estimate of drug-likeness (QED) is 0.256. The van der Waals surface area contributed by atoms with Crippen LogP contribution in [0.25, 0.3) is 22.5 Å². The zero-order valence-corrected chi connectivity index (χ0v) is 19.2. The Morgan fingerprint density at radius 3 is 1.90 bits per heavy atom. The number of pyridine rings is 2. The first-order chi connectivity index (χ1) is 14.4. The Hall–Kier alpha value is -2.61. The van der Waals surface area contributed by atoms with Gasteiger partial charge in [0.05, 0.1) is 0 Å². The molecule has 2 nitrogen and oxygen atoms in total. The summed E-state index contributed by atoms with van der Waals surface area (Å²) < 4.78 is 0. The minimum absolute atomic E-state index is 0. The number of aromatic nitrogens is 2. The van der Waals surface area contributed by atoms with Gasteiger partial charge in [-0.1, -0.05) is 36.6 Å². The van der Waals surface area contributed by atoms with Gasteiger partial charge in [0, 0.05) is 32.5 Å². The summed E-state index contributed by atoms with van der Waals surface area (Å²) in [6, 6.07) is 32.5. The van der Waals surface area contributed by atoms with Crippen molar-refractivity contribution in [1.29, 1.82) is 0 Å². The van der Waals surface area contributed by atoms with Crippen molar-refractivity contribution in [3.05, 3.63) is 109 Å². The van der Waals surface area contributed by atoms with Crippen LogP contribution in [0.15, 0.2) is 91.3 Å². The van der Waals surface area contributed by atoms with Crippen LogP contribution in [0.1, 0.15) is 37.2 Å². The van der Waals surface area contributed by atoms with E-state index in [0.717, 1.165) is 28.4 Å². The molecule has 2 aromatic carbocycles. The van der Waals surface area contributed by atoms with E-state index in [9.17, 15) is 0 Å². The van der Waals surface area contributed by atoms with Gasteiger partial charge < -0.3 is 9.97 Å². The standard InChI is InChI=1S/C16H16N.C11H8N.Ir/c1-2-8-14(9-3-1)16-12-15(10-11-17-16)13-6-4-5-7-13;1-2-6-10(7-3-1)11-8-4-5-9-12-11;/h1-3,8,10-13H,4-7H2;1-6,8-9H;/q2*-1;. The van der Waals surface area contributed by atoms with E-state index in [1.165, 1.54) is 31.2 Å². The first kappa shape index (κ1) is 22.1. The van der Waals surface area contributed by atoms with E-state index in [1.807, 2.05) is 66.9 Å². The van der Waals surface area contributed by atoms with Crippen molar-refractivity contribution >= 4 is 0 Å². The second-order valence-electron chi connectivity index (χ2n) is 7.22. The molecule has 1 aliphatic rings. The Balaban J connectivity index is 0.000000175. The first-order valence-electron chi connectivity index (χ1n) is 10.2. The Morgan fingerprint density at radius 2 is 1.30 bits per heavy atom. The molecule has 0 bridgehead atoms. The fraction of sp³-hybridized carbons (Fsp3) is 0.185. The predicted octanol–water partition coefficient (Wildman–Crippen LogP) is 6.75. The number of benzene rings is 2. The van der Waals surface area contributed by atoms with E-state index in [1.54, 1.807) is 6.20 Å². The summed E-state index contributed by atoms with van der Waals surface area (Å²) in [5.41, 5.74) is 5.60. The Labute approximate surface area is 192 Å². The van der Waals surface area contributed by atoms with Crippen molar-refractivity contribution in [3.63, 3.8) is 0 Å². The van der Waals surface area contributed by atoms with Crippen molar-refractivity contribution in [2.45, 2.75) is 31.6 Å². The number of nitrogens with zero attached hydrogens (tertiary/aromatic N) is 2. The van der Waals surface area contributed by atoms with Crippen LogP contribution in [0.4, 0.5) is 0 Å². The van der Waals surface area contributed by atoms with Crippen LogP contribution >= 0.6 is 0 Å². The monoisotopic (exact) mass is 569 g/mol. The van der Waals surface area contributed by atoms with E-state index in [0.29, 0.717) is 0 Å². The molecule has 0 saturated heterocycles. The van der Waals surface area contributed by atoms with Crippen LogP contribution in [-0.4, -0.2) is 9.97 Å². The minimum atomic E-state index is 0. The maximum Gasteiger partial charge on any atom is 0.0163 e. The van der Waals surface area contributed by atoms with Gasteiger partial charge in [-0.25, -0.2) is 0 Å². The van der Waals surface area contributed by atoms with Gasteiger partial charge in [0.15, 0.2) is 0 Å². The Morgan fingerprint density at radius 1 is 0.667 bits per heavy atom. The molecule has 1 fully saturated rings. The van der Waals surface area contributed by atoms with E-state index < -0.39 is 0 Å². The number of rotatable bonds is 3. The minimum Gasteiger partial charge on any atom is -0.305 e. The average Bonchev–Trinajstić information content (AvgIpc) is 3.37. The van der Waals surface area contributed by atoms with Gasteiger partial charge in [0.1, 0.15) is 0 Å². The molecular weight excluding hydrogens is 545 g/mol. The molecule has 0 unspecified atom stereocenters. The topological polar surface area (TPSA) is 25.8 Å². The summed E-state index contributed by atoms with van der Waals surface area (Å²) in [6.45, 7) is 0. The van der Waals surface area contributed by atoms with Crippen LogP contribution in [0.5, 0.6) is 0 Å². The third kappa shape index (κ3) is 5.95. The predicted molar refractivity (Wildman–Crippen MR) is 118 cm³/mol. The van der Waals surface area contributed by atoms with Gasteiger partial charge in [-0.15, -0.1) is 71.8 Å². The zero-order valence-electron chi connectivity index (χ0n) is 16.8. The molecule has 2 heterocycles. The normalized spacial score (nSPS) is 13.1. The number of hydrogen-bond acceptors (Lipinski definition) is 2. The second-order valence-corrected chi connectivity index (χ2v) is 7.22. The van der Waals surface area contributed by atoms with Gasteiger partial charge >= 0.3 is 0 Å². The molecule has 30 heavy (non-hydrogen) atoms. The molecule has 5 rings (SSSR count). The summed E-state index contributed by atoms with van der Waals surface area (Å²) in [4.78, 5) is 8.67. The van der Waals surface area contributed by atoms with Crippen molar-refractivity contribution in [1.82, 2.24) is 9.97 Å². The van der Waals surface area contributed by atoms with Gasteiger partial charge in [-0.2, -0.15) is 0 Å². The van der Waals surface area contributed by atoms with E-state index in [-0.39, 0.29) is 20.1 Å². The zero-order chi connectivity index (χ0) is 19.7. The molecule has 4 aromatic rings. The van der Waals surface area contributed by atoms with E-state index >= 15 is 0 Å². The van der Waals surface area contributed by atoms with Crippen LogP contribution in [0.3, 0.4) is 0 Å². The second kappa shape index (κ2) is 11.5. The SMILES string of the molecule is [Ir].[c-]1ccccc1-c1cc(C2CCCC2)ccn1.[c-]1ccccc1-c1ccccn1. The van der Waals surface area contributed by atoms with Gasteiger partial charge in [-0.05, 0) is 42.3 Å². The van der Waals surface area contributed by atoms with Crippen molar-refractivity contribution in [2.24, 2.45) is 0 Å². The molecule has 0 aliphatic heterocycles. The molecule has 3 heteroatoms. The van der Waals surface area contributed by atoms with Gasteiger partial charge in [-0.3, -0.25) is 0 Å². The Kier molecular flexibility index (Phi) is 8.50. The van der Waals surface area contributed by atoms with Crippen molar-refractivity contribution < 1.29 is 20.1 Å². The maximum atomic E-state index is 4.45. The summed E-state index contributed by atoms with van der Waals surface area (Å²) in [5, 5.41) is 0. The third-order valence-corrected chi connectivity index (χ3v) is 5.25. The van der Waals surface area contributed by atoms with Crippen LogP contribution in [-0.2, 0) is 20.1 Å². The summed E-state index contributed by atoms with van der Waals surface area (Å²) >= 11 is 0. The van der Waals surface area contributed by atoms with E-state index in [2.05, 4.69) is 40.3 Å². The third-order valence-electron chi connectivity index (χ3n) is 5.25. The molecule has 2 aromatic heterocycles. The van der Waals surface area contributed by atoms with Crippen LogP contribution in [0, 0.1) is 12.1 Å². The fourth-order valence-corrected chi connectivity index (χ4v) is 3.73. The average molecular weight is 569 g/mol. The molecular formula is C27H24IrN2-2. The summed E-state index contributed by atoms with van der Waals surface area (Å²) in [5.74, 6) is 0.750. The van der Waals surface area contributed by atoms with Crippen LogP contribution < -0.4 is 0 Å². The molecule has 153 valence electrons. The maximum absolute atomic E-state index is 4.45. The van der Waals surface area contributed by atoms with Gasteiger partial charge in [0.25, 0.3) is 0 Å². The summed E-state index contributed by atoms with van der Waals surface area (Å²) in [6.07, 6.45) is 9.14. The molecule has 1 radical (unpaired) electrons. The van der Waals surface area contributed by atoms with Crippen molar-refractivity contribution in [2.75, 3.05) is 0 Å². The largest absolute Gasteiger partial charge is 0.305 e. The molecule has 1 aliphatic carbocycles. The van der Waals surface area contributed by atoms with E-state index in [4.69, 9.17) is 0 Å². The smallest absolute Gasteiger partial charge is 0.0163 e. The Bertz CT molecular complexity index is 961. The molecule has 1 saturated carbocycles. The van der Waals surface area contributed by atoms with Gasteiger partial charge in [0.2, 0.25) is 0 Å². The van der Waals surface area contributed by atoms with Crippen molar-refractivity contribution in [3.8, 4) is 22.5 Å².